The van der Waals surface area contributed by atoms with Crippen LogP contribution in [0.2, 0.25) is 0 Å². The molecule has 0 aromatic heterocycles. The van der Waals surface area contributed by atoms with Gasteiger partial charge in [0.1, 0.15) is 5.82 Å². The summed E-state index contributed by atoms with van der Waals surface area (Å²) in [4.78, 5) is 23.8. The number of anilines is 1. The maximum absolute atomic E-state index is 13.7. The number of aromatic carboxylic acids is 1. The van der Waals surface area contributed by atoms with Crippen molar-refractivity contribution in [3.05, 3.63) is 29.6 Å². The van der Waals surface area contributed by atoms with Crippen LogP contribution in [-0.4, -0.2) is 30.1 Å². The van der Waals surface area contributed by atoms with Gasteiger partial charge >= 0.3 is 5.97 Å². The van der Waals surface area contributed by atoms with Crippen LogP contribution in [0, 0.1) is 11.7 Å². The van der Waals surface area contributed by atoms with E-state index in [1.807, 2.05) is 0 Å². The molecule has 3 N–H and O–H groups in total. The van der Waals surface area contributed by atoms with E-state index in [-0.39, 0.29) is 29.5 Å². The van der Waals surface area contributed by atoms with E-state index in [9.17, 15) is 14.0 Å². The van der Waals surface area contributed by atoms with Crippen LogP contribution in [0.5, 0.6) is 0 Å². The topological polar surface area (TPSA) is 83.6 Å². The van der Waals surface area contributed by atoms with Crippen molar-refractivity contribution in [1.29, 1.82) is 0 Å². The Morgan fingerprint density at radius 1 is 1.56 bits per heavy atom. The van der Waals surface area contributed by atoms with E-state index in [1.54, 1.807) is 0 Å². The lowest BCUT2D eigenvalue weighted by Gasteiger charge is -2.17. The van der Waals surface area contributed by atoms with Gasteiger partial charge in [-0.2, -0.15) is 0 Å². The van der Waals surface area contributed by atoms with Crippen molar-refractivity contribution >= 4 is 17.6 Å². The van der Waals surface area contributed by atoms with Crippen LogP contribution < -0.4 is 10.6 Å². The van der Waals surface area contributed by atoms with Gasteiger partial charge in [-0.05, 0) is 30.7 Å². The second kappa shape index (κ2) is 4.73. The third-order valence-corrected chi connectivity index (χ3v) is 3.02. The molecule has 1 amide bonds. The van der Waals surface area contributed by atoms with Crippen LogP contribution in [0.15, 0.2) is 18.2 Å². The molecule has 1 aromatic carbocycles. The molecule has 1 unspecified atom stereocenters. The van der Waals surface area contributed by atoms with Crippen molar-refractivity contribution < 1.29 is 19.1 Å². The van der Waals surface area contributed by atoms with E-state index in [4.69, 9.17) is 10.8 Å². The molecule has 2 rings (SSSR count). The number of halogens is 1. The fraction of sp³-hybridized carbons (Fsp3) is 0.333. The molecule has 1 fully saturated rings. The van der Waals surface area contributed by atoms with Gasteiger partial charge in [0.05, 0.1) is 11.3 Å². The highest BCUT2D eigenvalue weighted by molar-refractivity contribution is 5.97. The standard InChI is InChI=1S/C12H13FN2O3/c13-9-2-1-8(12(17)18)4-10(9)15-6-7(5-14)3-11(15)16/h1-2,4,7H,3,5-6,14H2,(H,17,18). The van der Waals surface area contributed by atoms with Gasteiger partial charge in [-0.1, -0.05) is 0 Å². The van der Waals surface area contributed by atoms with E-state index >= 15 is 0 Å². The van der Waals surface area contributed by atoms with Gasteiger partial charge in [-0.25, -0.2) is 9.18 Å². The Kier molecular flexibility index (Phi) is 3.29. The van der Waals surface area contributed by atoms with Crippen LogP contribution >= 0.6 is 0 Å². The number of hydrogen-bond acceptors (Lipinski definition) is 3. The predicted octanol–water partition coefficient (Wildman–Crippen LogP) is 0.835. The van der Waals surface area contributed by atoms with Crippen molar-refractivity contribution in [2.24, 2.45) is 11.7 Å². The number of amides is 1. The molecule has 0 bridgehead atoms. The zero-order valence-electron chi connectivity index (χ0n) is 9.60. The van der Waals surface area contributed by atoms with Crippen LogP contribution in [0.4, 0.5) is 10.1 Å². The molecule has 1 aromatic rings. The molecular formula is C12H13FN2O3. The van der Waals surface area contributed by atoms with Crippen molar-refractivity contribution in [3.63, 3.8) is 0 Å². The molecule has 1 heterocycles. The maximum Gasteiger partial charge on any atom is 0.335 e. The summed E-state index contributed by atoms with van der Waals surface area (Å²) in [6.07, 6.45) is 0.271. The van der Waals surface area contributed by atoms with Gasteiger partial charge in [0.2, 0.25) is 5.91 Å². The monoisotopic (exact) mass is 252 g/mol. The summed E-state index contributed by atoms with van der Waals surface area (Å²) in [7, 11) is 0. The van der Waals surface area contributed by atoms with Crippen molar-refractivity contribution in [2.45, 2.75) is 6.42 Å². The second-order valence-corrected chi connectivity index (χ2v) is 4.28. The molecule has 0 aliphatic carbocycles. The number of hydrogen-bond donors (Lipinski definition) is 2. The lowest BCUT2D eigenvalue weighted by atomic mass is 10.1. The molecule has 1 atom stereocenters. The number of rotatable bonds is 3. The summed E-state index contributed by atoms with van der Waals surface area (Å²) < 4.78 is 13.7. The van der Waals surface area contributed by atoms with Crippen LogP contribution in [-0.2, 0) is 4.79 Å². The smallest absolute Gasteiger partial charge is 0.335 e. The number of carboxylic acids is 1. The van der Waals surface area contributed by atoms with Gasteiger partial charge in [-0.3, -0.25) is 4.79 Å². The fourth-order valence-corrected chi connectivity index (χ4v) is 2.02. The Morgan fingerprint density at radius 2 is 2.28 bits per heavy atom. The first-order valence-electron chi connectivity index (χ1n) is 5.56. The van der Waals surface area contributed by atoms with E-state index in [1.165, 1.54) is 17.0 Å². The molecule has 6 heteroatoms. The second-order valence-electron chi connectivity index (χ2n) is 4.28. The third kappa shape index (κ3) is 2.19. The minimum atomic E-state index is -1.15. The number of nitrogens with zero attached hydrogens (tertiary/aromatic N) is 1. The van der Waals surface area contributed by atoms with E-state index < -0.39 is 11.8 Å². The number of carbonyl (C=O) groups excluding carboxylic acids is 1. The predicted molar refractivity (Wildman–Crippen MR) is 62.9 cm³/mol. The lowest BCUT2D eigenvalue weighted by Crippen LogP contribution is -2.27. The maximum atomic E-state index is 13.7. The number of carbonyl (C=O) groups is 2. The van der Waals surface area contributed by atoms with Crippen molar-refractivity contribution in [2.75, 3.05) is 18.0 Å². The van der Waals surface area contributed by atoms with Crippen LogP contribution in [0.25, 0.3) is 0 Å². The van der Waals surface area contributed by atoms with Crippen molar-refractivity contribution in [1.82, 2.24) is 0 Å². The Bertz CT molecular complexity index is 504. The van der Waals surface area contributed by atoms with Gasteiger partial charge < -0.3 is 15.7 Å². The summed E-state index contributed by atoms with van der Waals surface area (Å²) in [5, 5.41) is 8.86. The SMILES string of the molecule is NCC1CC(=O)N(c2cc(C(=O)O)ccc2F)C1. The average molecular weight is 252 g/mol. The molecule has 0 saturated carbocycles. The number of nitrogens with two attached hydrogens (primary N) is 1. The first-order valence-corrected chi connectivity index (χ1v) is 5.56. The van der Waals surface area contributed by atoms with Gasteiger partial charge in [0, 0.05) is 13.0 Å². The fourth-order valence-electron chi connectivity index (χ4n) is 2.02. The van der Waals surface area contributed by atoms with Crippen molar-refractivity contribution in [3.8, 4) is 0 Å². The highest BCUT2D eigenvalue weighted by Crippen LogP contribution is 2.27. The first kappa shape index (κ1) is 12.5. The summed E-state index contributed by atoms with van der Waals surface area (Å²) in [5.74, 6) is -2.00. The quantitative estimate of drug-likeness (QED) is 0.834. The minimum absolute atomic E-state index is 0.00890. The minimum Gasteiger partial charge on any atom is -0.478 e. The molecule has 1 aliphatic heterocycles. The normalized spacial score (nSPS) is 19.3. The summed E-state index contributed by atoms with van der Waals surface area (Å²) >= 11 is 0. The third-order valence-electron chi connectivity index (χ3n) is 3.02. The largest absolute Gasteiger partial charge is 0.478 e. The molecule has 96 valence electrons. The number of benzene rings is 1. The highest BCUT2D eigenvalue weighted by Gasteiger charge is 2.31. The zero-order chi connectivity index (χ0) is 13.3. The van der Waals surface area contributed by atoms with E-state index in [0.29, 0.717) is 13.1 Å². The van der Waals surface area contributed by atoms with Crippen LogP contribution in [0.3, 0.4) is 0 Å². The Hall–Kier alpha value is -1.95. The molecule has 1 aliphatic rings. The Labute approximate surface area is 103 Å². The Morgan fingerprint density at radius 3 is 2.83 bits per heavy atom. The highest BCUT2D eigenvalue weighted by atomic mass is 19.1. The number of carboxylic acid groups (broad SMARTS) is 1. The molecule has 0 spiro atoms. The molecule has 1 saturated heterocycles. The lowest BCUT2D eigenvalue weighted by molar-refractivity contribution is -0.117. The molecule has 0 radical (unpaired) electrons. The first-order chi connectivity index (χ1) is 8.52. The summed E-state index contributed by atoms with van der Waals surface area (Å²) in [5.41, 5.74) is 5.45. The zero-order valence-corrected chi connectivity index (χ0v) is 9.60. The van der Waals surface area contributed by atoms with Crippen LogP contribution in [0.1, 0.15) is 16.8 Å². The molecule has 5 nitrogen and oxygen atoms in total. The van der Waals surface area contributed by atoms with E-state index in [0.717, 1.165) is 6.07 Å². The van der Waals surface area contributed by atoms with Gasteiger partial charge in [0.25, 0.3) is 0 Å². The molecular weight excluding hydrogens is 239 g/mol. The molecule has 18 heavy (non-hydrogen) atoms. The van der Waals surface area contributed by atoms with E-state index in [2.05, 4.69) is 0 Å². The average Bonchev–Trinajstić information content (AvgIpc) is 2.71. The Balaban J connectivity index is 2.35. The summed E-state index contributed by atoms with van der Waals surface area (Å²) in [6, 6.07) is 3.40. The van der Waals surface area contributed by atoms with Gasteiger partial charge in [-0.15, -0.1) is 0 Å². The van der Waals surface area contributed by atoms with Gasteiger partial charge in [0.15, 0.2) is 0 Å². The summed E-state index contributed by atoms with van der Waals surface area (Å²) in [6.45, 7) is 0.678.